The van der Waals surface area contributed by atoms with E-state index in [-0.39, 0.29) is 17.4 Å². The first-order chi connectivity index (χ1) is 13.8. The molecule has 9 heteroatoms. The minimum atomic E-state index is -4.62. The van der Waals surface area contributed by atoms with Crippen LogP contribution in [0.4, 0.5) is 17.6 Å². The van der Waals surface area contributed by atoms with E-state index in [4.69, 9.17) is 9.47 Å². The molecule has 3 heterocycles. The van der Waals surface area contributed by atoms with Crippen LogP contribution in [0.1, 0.15) is 12.1 Å². The molecule has 0 spiro atoms. The van der Waals surface area contributed by atoms with Gasteiger partial charge in [0.25, 0.3) is 0 Å². The van der Waals surface area contributed by atoms with E-state index in [1.165, 1.54) is 25.3 Å². The van der Waals surface area contributed by atoms with Gasteiger partial charge in [0.2, 0.25) is 0 Å². The number of likely N-dealkylation sites (tertiary alicyclic amines) is 1. The van der Waals surface area contributed by atoms with Gasteiger partial charge >= 0.3 is 6.18 Å². The maximum absolute atomic E-state index is 14.3. The van der Waals surface area contributed by atoms with Gasteiger partial charge in [-0.1, -0.05) is 0 Å². The molecule has 0 N–H and O–H groups in total. The summed E-state index contributed by atoms with van der Waals surface area (Å²) in [5.74, 6) is -0.629. The Kier molecular flexibility index (Phi) is 5.12. The highest BCUT2D eigenvalue weighted by Crippen LogP contribution is 2.39. The molecule has 1 aromatic carbocycles. The standard InChI is InChI=1S/C20H21F4N3O2/c1-28-12-4-6-26(11-12)7-8-27-16-10-17(29-2)15(21)9-14(16)13-3-5-25-19(18(13)27)20(22,23)24/h3,5,9-10,12H,4,6-8,11H2,1-2H3. The fraction of sp³-hybridized carbons (Fsp3) is 0.450. The van der Waals surface area contributed by atoms with E-state index in [0.717, 1.165) is 25.7 Å². The lowest BCUT2D eigenvalue weighted by atomic mass is 10.1. The van der Waals surface area contributed by atoms with Crippen LogP contribution in [0.5, 0.6) is 5.75 Å². The van der Waals surface area contributed by atoms with Gasteiger partial charge in [-0.25, -0.2) is 9.37 Å². The van der Waals surface area contributed by atoms with Crippen molar-refractivity contribution in [3.8, 4) is 5.75 Å². The van der Waals surface area contributed by atoms with E-state index in [1.807, 2.05) is 0 Å². The van der Waals surface area contributed by atoms with Crippen molar-refractivity contribution < 1.29 is 27.0 Å². The molecule has 3 aromatic rings. The number of hydrogen-bond donors (Lipinski definition) is 0. The predicted octanol–water partition coefficient (Wildman–Crippen LogP) is 4.08. The van der Waals surface area contributed by atoms with Crippen LogP contribution >= 0.6 is 0 Å². The van der Waals surface area contributed by atoms with Gasteiger partial charge in [0.15, 0.2) is 17.3 Å². The molecule has 0 saturated carbocycles. The molecule has 5 nitrogen and oxygen atoms in total. The molecule has 29 heavy (non-hydrogen) atoms. The topological polar surface area (TPSA) is 39.5 Å². The van der Waals surface area contributed by atoms with Crippen molar-refractivity contribution in [1.82, 2.24) is 14.5 Å². The zero-order valence-electron chi connectivity index (χ0n) is 16.1. The Bertz CT molecular complexity index is 1050. The average Bonchev–Trinajstić information content (AvgIpc) is 3.27. The van der Waals surface area contributed by atoms with E-state index in [0.29, 0.717) is 29.4 Å². The first kappa shape index (κ1) is 19.9. The highest BCUT2D eigenvalue weighted by atomic mass is 19.4. The lowest BCUT2D eigenvalue weighted by Gasteiger charge is -2.18. The van der Waals surface area contributed by atoms with E-state index in [1.54, 1.807) is 11.7 Å². The van der Waals surface area contributed by atoms with Gasteiger partial charge in [0, 0.05) is 56.3 Å². The number of pyridine rings is 1. The molecule has 4 rings (SSSR count). The summed E-state index contributed by atoms with van der Waals surface area (Å²) in [5.41, 5.74) is -0.522. The van der Waals surface area contributed by atoms with Crippen molar-refractivity contribution in [3.05, 3.63) is 35.9 Å². The number of aromatic nitrogens is 2. The van der Waals surface area contributed by atoms with Crippen molar-refractivity contribution in [3.63, 3.8) is 0 Å². The fourth-order valence-electron chi connectivity index (χ4n) is 4.08. The van der Waals surface area contributed by atoms with Gasteiger partial charge < -0.3 is 14.0 Å². The molecule has 0 bridgehead atoms. The van der Waals surface area contributed by atoms with Crippen molar-refractivity contribution in [2.75, 3.05) is 33.9 Å². The Labute approximate surface area is 164 Å². The molecule has 1 saturated heterocycles. The van der Waals surface area contributed by atoms with E-state index in [2.05, 4.69) is 9.88 Å². The number of rotatable bonds is 5. The molecule has 1 aliphatic rings. The Morgan fingerprint density at radius 2 is 1.97 bits per heavy atom. The minimum Gasteiger partial charge on any atom is -0.494 e. The number of benzene rings is 1. The van der Waals surface area contributed by atoms with Crippen molar-refractivity contribution in [1.29, 1.82) is 0 Å². The summed E-state index contributed by atoms with van der Waals surface area (Å²) in [6, 6.07) is 4.17. The first-order valence-corrected chi connectivity index (χ1v) is 9.30. The number of ether oxygens (including phenoxy) is 2. The molecule has 1 aliphatic heterocycles. The number of hydrogen-bond acceptors (Lipinski definition) is 4. The third-order valence-corrected chi connectivity index (χ3v) is 5.52. The third kappa shape index (κ3) is 3.53. The largest absolute Gasteiger partial charge is 0.494 e. The van der Waals surface area contributed by atoms with E-state index >= 15 is 0 Å². The molecular weight excluding hydrogens is 390 g/mol. The monoisotopic (exact) mass is 411 g/mol. The molecule has 156 valence electrons. The number of nitrogens with zero attached hydrogens (tertiary/aromatic N) is 3. The summed E-state index contributed by atoms with van der Waals surface area (Å²) >= 11 is 0. The second-order valence-electron chi connectivity index (χ2n) is 7.16. The fourth-order valence-corrected chi connectivity index (χ4v) is 4.08. The number of methoxy groups -OCH3 is 2. The van der Waals surface area contributed by atoms with Crippen LogP contribution in [-0.4, -0.2) is 54.4 Å². The highest BCUT2D eigenvalue weighted by Gasteiger charge is 2.36. The van der Waals surface area contributed by atoms with Crippen molar-refractivity contribution in [2.45, 2.75) is 25.2 Å². The zero-order valence-corrected chi connectivity index (χ0v) is 16.1. The Balaban J connectivity index is 1.86. The quantitative estimate of drug-likeness (QED) is 0.594. The first-order valence-electron chi connectivity index (χ1n) is 9.30. The van der Waals surface area contributed by atoms with E-state index < -0.39 is 17.7 Å². The van der Waals surface area contributed by atoms with Gasteiger partial charge in [0.05, 0.1) is 24.2 Å². The van der Waals surface area contributed by atoms with Gasteiger partial charge in [-0.15, -0.1) is 0 Å². The number of halogens is 4. The maximum Gasteiger partial charge on any atom is 0.435 e. The van der Waals surface area contributed by atoms with Gasteiger partial charge in [0.1, 0.15) is 0 Å². The highest BCUT2D eigenvalue weighted by molar-refractivity contribution is 6.09. The minimum absolute atomic E-state index is 0.0105. The van der Waals surface area contributed by atoms with E-state index in [9.17, 15) is 17.6 Å². The summed E-state index contributed by atoms with van der Waals surface area (Å²) in [5, 5.41) is 0.724. The van der Waals surface area contributed by atoms with Gasteiger partial charge in [-0.05, 0) is 18.6 Å². The third-order valence-electron chi connectivity index (χ3n) is 5.52. The average molecular weight is 411 g/mol. The number of fused-ring (bicyclic) bond motifs is 3. The Morgan fingerprint density at radius 1 is 1.17 bits per heavy atom. The van der Waals surface area contributed by atoms with Gasteiger partial charge in [-0.3, -0.25) is 4.90 Å². The van der Waals surface area contributed by atoms with Crippen LogP contribution in [0.15, 0.2) is 24.4 Å². The normalized spacial score (nSPS) is 18.2. The van der Waals surface area contributed by atoms with Crippen LogP contribution < -0.4 is 4.74 Å². The SMILES string of the molecule is COc1cc2c(cc1F)c1ccnc(C(F)(F)F)c1n2CCN1CCC(OC)C1. The van der Waals surface area contributed by atoms with Crippen LogP contribution in [-0.2, 0) is 17.5 Å². The molecule has 0 radical (unpaired) electrons. The van der Waals surface area contributed by atoms with Crippen LogP contribution in [0.3, 0.4) is 0 Å². The predicted molar refractivity (Wildman–Crippen MR) is 101 cm³/mol. The summed E-state index contributed by atoms with van der Waals surface area (Å²) in [6.45, 7) is 2.40. The molecule has 1 atom stereocenters. The second-order valence-corrected chi connectivity index (χ2v) is 7.16. The smallest absolute Gasteiger partial charge is 0.435 e. The molecule has 0 aliphatic carbocycles. The molecule has 1 fully saturated rings. The maximum atomic E-state index is 14.3. The summed E-state index contributed by atoms with van der Waals surface area (Å²) in [6.07, 6.45) is -2.49. The zero-order chi connectivity index (χ0) is 20.8. The summed E-state index contributed by atoms with van der Waals surface area (Å²) < 4.78 is 67.4. The lowest BCUT2D eigenvalue weighted by Crippen LogP contribution is -2.27. The van der Waals surface area contributed by atoms with Crippen LogP contribution in [0, 0.1) is 5.82 Å². The van der Waals surface area contributed by atoms with Crippen LogP contribution in [0.25, 0.3) is 21.8 Å². The molecule has 1 unspecified atom stereocenters. The summed E-state index contributed by atoms with van der Waals surface area (Å²) in [4.78, 5) is 5.75. The Morgan fingerprint density at radius 3 is 2.62 bits per heavy atom. The summed E-state index contributed by atoms with van der Waals surface area (Å²) in [7, 11) is 2.98. The Hall–Kier alpha value is -2.39. The van der Waals surface area contributed by atoms with Gasteiger partial charge in [-0.2, -0.15) is 13.2 Å². The number of alkyl halides is 3. The lowest BCUT2D eigenvalue weighted by molar-refractivity contribution is -0.140. The molecular formula is C20H21F4N3O2. The van der Waals surface area contributed by atoms with Crippen molar-refractivity contribution >= 4 is 21.8 Å². The second kappa shape index (κ2) is 7.46. The molecule has 2 aromatic heterocycles. The molecule has 0 amide bonds. The van der Waals surface area contributed by atoms with Crippen molar-refractivity contribution in [2.24, 2.45) is 0 Å². The van der Waals surface area contributed by atoms with Crippen LogP contribution in [0.2, 0.25) is 0 Å².